The number of nitrogens with zero attached hydrogens (tertiary/aromatic N) is 1. The molecule has 1 heterocycles. The lowest BCUT2D eigenvalue weighted by atomic mass is 9.91. The van der Waals surface area contributed by atoms with Gasteiger partial charge in [0.1, 0.15) is 0 Å². The number of aryl methyl sites for hydroxylation is 3. The molecule has 1 aliphatic heterocycles. The number of hydrogen-bond donors (Lipinski definition) is 0. The molecule has 1 nitrogen and oxygen atoms in total. The molecule has 0 saturated carbocycles. The zero-order valence-electron chi connectivity index (χ0n) is 13.4. The van der Waals surface area contributed by atoms with Crippen molar-refractivity contribution in [2.75, 3.05) is 4.90 Å². The van der Waals surface area contributed by atoms with E-state index in [-0.39, 0.29) is 0 Å². The van der Waals surface area contributed by atoms with Crippen molar-refractivity contribution in [3.63, 3.8) is 0 Å². The lowest BCUT2D eigenvalue weighted by molar-refractivity contribution is 0.685. The molecular formula is C21H23N. The smallest absolute Gasteiger partial charge is 0.0488 e. The highest BCUT2D eigenvalue weighted by molar-refractivity contribution is 5.84. The van der Waals surface area contributed by atoms with Crippen LogP contribution in [0.2, 0.25) is 0 Å². The molecule has 0 unspecified atom stereocenters. The van der Waals surface area contributed by atoms with Crippen molar-refractivity contribution in [3.8, 4) is 0 Å². The minimum absolute atomic E-state index is 0.955. The quantitative estimate of drug-likeness (QED) is 0.742. The van der Waals surface area contributed by atoms with Gasteiger partial charge in [-0.1, -0.05) is 31.7 Å². The Morgan fingerprint density at radius 1 is 0.955 bits per heavy atom. The van der Waals surface area contributed by atoms with E-state index < -0.39 is 0 Å². The van der Waals surface area contributed by atoms with Crippen LogP contribution in [0, 0.1) is 0 Å². The molecule has 0 aromatic heterocycles. The van der Waals surface area contributed by atoms with E-state index in [1.54, 1.807) is 11.1 Å². The Labute approximate surface area is 133 Å². The van der Waals surface area contributed by atoms with E-state index in [1.165, 1.54) is 48.1 Å². The highest BCUT2D eigenvalue weighted by Gasteiger charge is 2.24. The fourth-order valence-corrected chi connectivity index (χ4v) is 3.80. The van der Waals surface area contributed by atoms with Crippen molar-refractivity contribution in [1.82, 2.24) is 0 Å². The molecule has 0 atom stereocenters. The predicted octanol–water partition coefficient (Wildman–Crippen LogP) is 5.12. The maximum absolute atomic E-state index is 4.37. The van der Waals surface area contributed by atoms with Crippen molar-refractivity contribution >= 4 is 11.4 Å². The summed E-state index contributed by atoms with van der Waals surface area (Å²) in [7, 11) is 0. The number of rotatable bonds is 2. The van der Waals surface area contributed by atoms with Crippen molar-refractivity contribution in [2.45, 2.75) is 45.6 Å². The van der Waals surface area contributed by atoms with Crippen LogP contribution in [0.3, 0.4) is 0 Å². The molecule has 0 amide bonds. The minimum Gasteiger partial charge on any atom is -0.337 e. The van der Waals surface area contributed by atoms with Gasteiger partial charge in [0.05, 0.1) is 0 Å². The first-order chi connectivity index (χ1) is 10.8. The van der Waals surface area contributed by atoms with Crippen molar-refractivity contribution in [1.29, 1.82) is 0 Å². The Bertz CT molecular complexity index is 742. The summed E-state index contributed by atoms with van der Waals surface area (Å²) < 4.78 is 0. The maximum atomic E-state index is 4.37. The molecule has 4 rings (SSSR count). The Hall–Kier alpha value is -2.02. The van der Waals surface area contributed by atoms with Crippen LogP contribution in [0.15, 0.2) is 43.0 Å². The average molecular weight is 289 g/mol. The van der Waals surface area contributed by atoms with Gasteiger partial charge in [0.2, 0.25) is 0 Å². The zero-order chi connectivity index (χ0) is 15.1. The molecule has 0 saturated heterocycles. The minimum atomic E-state index is 0.955. The number of benzene rings is 2. The molecule has 112 valence electrons. The second-order valence-corrected chi connectivity index (χ2v) is 6.54. The first kappa shape index (κ1) is 13.6. The van der Waals surface area contributed by atoms with Gasteiger partial charge in [0.15, 0.2) is 0 Å². The number of hydrogen-bond acceptors (Lipinski definition) is 1. The molecule has 1 heteroatoms. The van der Waals surface area contributed by atoms with Crippen molar-refractivity contribution < 1.29 is 0 Å². The SMILES string of the molecule is C=C1c2cc(CC)ccc2CN1c1ccc2c(c1)CCCC2. The molecule has 0 N–H and O–H groups in total. The molecule has 2 aromatic rings. The van der Waals surface area contributed by atoms with Crippen LogP contribution in [-0.4, -0.2) is 0 Å². The third kappa shape index (κ3) is 2.16. The van der Waals surface area contributed by atoms with Gasteiger partial charge < -0.3 is 4.90 Å². The fraction of sp³-hybridized carbons (Fsp3) is 0.333. The van der Waals surface area contributed by atoms with Gasteiger partial charge in [-0.25, -0.2) is 0 Å². The zero-order valence-corrected chi connectivity index (χ0v) is 13.4. The summed E-state index contributed by atoms with van der Waals surface area (Å²) in [6.45, 7) is 7.53. The third-order valence-electron chi connectivity index (χ3n) is 5.19. The Kier molecular flexibility index (Phi) is 3.29. The van der Waals surface area contributed by atoms with Crippen molar-refractivity contribution in [2.24, 2.45) is 0 Å². The van der Waals surface area contributed by atoms with Gasteiger partial charge >= 0.3 is 0 Å². The van der Waals surface area contributed by atoms with E-state index in [2.05, 4.69) is 54.8 Å². The van der Waals surface area contributed by atoms with E-state index in [0.29, 0.717) is 0 Å². The number of fused-ring (bicyclic) bond motifs is 2. The summed E-state index contributed by atoms with van der Waals surface area (Å²) in [5, 5.41) is 0. The molecule has 0 bridgehead atoms. The van der Waals surface area contributed by atoms with Gasteiger partial charge in [-0.2, -0.15) is 0 Å². The topological polar surface area (TPSA) is 3.24 Å². The third-order valence-corrected chi connectivity index (χ3v) is 5.19. The average Bonchev–Trinajstić information content (AvgIpc) is 2.90. The lowest BCUT2D eigenvalue weighted by Gasteiger charge is -2.23. The molecule has 1 aliphatic carbocycles. The number of anilines is 1. The molecule has 22 heavy (non-hydrogen) atoms. The highest BCUT2D eigenvalue weighted by atomic mass is 15.2. The van der Waals surface area contributed by atoms with Crippen LogP contribution in [-0.2, 0) is 25.8 Å². The second kappa shape index (κ2) is 5.31. The molecule has 0 spiro atoms. The monoisotopic (exact) mass is 289 g/mol. The summed E-state index contributed by atoms with van der Waals surface area (Å²) in [5.41, 5.74) is 9.68. The molecule has 0 radical (unpaired) electrons. The first-order valence-corrected chi connectivity index (χ1v) is 8.46. The largest absolute Gasteiger partial charge is 0.337 e. The van der Waals surface area contributed by atoms with E-state index in [4.69, 9.17) is 0 Å². The van der Waals surface area contributed by atoms with Crippen LogP contribution in [0.1, 0.15) is 47.6 Å². The fourth-order valence-electron chi connectivity index (χ4n) is 3.80. The predicted molar refractivity (Wildman–Crippen MR) is 94.1 cm³/mol. The summed E-state index contributed by atoms with van der Waals surface area (Å²) in [6, 6.07) is 13.8. The normalized spacial score (nSPS) is 16.6. The van der Waals surface area contributed by atoms with Gasteiger partial charge in [0, 0.05) is 23.5 Å². The van der Waals surface area contributed by atoms with E-state index in [0.717, 1.165) is 18.7 Å². The Morgan fingerprint density at radius 2 is 1.73 bits per heavy atom. The van der Waals surface area contributed by atoms with E-state index in [9.17, 15) is 0 Å². The van der Waals surface area contributed by atoms with E-state index >= 15 is 0 Å². The first-order valence-electron chi connectivity index (χ1n) is 8.46. The second-order valence-electron chi connectivity index (χ2n) is 6.54. The molecular weight excluding hydrogens is 266 g/mol. The van der Waals surface area contributed by atoms with Crippen LogP contribution >= 0.6 is 0 Å². The maximum Gasteiger partial charge on any atom is 0.0488 e. The molecule has 0 fully saturated rings. The summed E-state index contributed by atoms with van der Waals surface area (Å²) in [5.74, 6) is 0. The van der Waals surface area contributed by atoms with Gasteiger partial charge in [-0.05, 0) is 72.6 Å². The van der Waals surface area contributed by atoms with Crippen LogP contribution in [0.5, 0.6) is 0 Å². The molecule has 2 aromatic carbocycles. The van der Waals surface area contributed by atoms with Crippen molar-refractivity contribution in [3.05, 3.63) is 70.8 Å². The van der Waals surface area contributed by atoms with Crippen LogP contribution < -0.4 is 4.90 Å². The summed E-state index contributed by atoms with van der Waals surface area (Å²) in [6.07, 6.45) is 6.23. The summed E-state index contributed by atoms with van der Waals surface area (Å²) in [4.78, 5) is 2.37. The Balaban J connectivity index is 1.68. The van der Waals surface area contributed by atoms with Gasteiger partial charge in [0.25, 0.3) is 0 Å². The van der Waals surface area contributed by atoms with Crippen LogP contribution in [0.25, 0.3) is 5.70 Å². The Morgan fingerprint density at radius 3 is 2.55 bits per heavy atom. The van der Waals surface area contributed by atoms with Gasteiger partial charge in [-0.15, -0.1) is 0 Å². The molecule has 2 aliphatic rings. The van der Waals surface area contributed by atoms with Crippen LogP contribution in [0.4, 0.5) is 5.69 Å². The summed E-state index contributed by atoms with van der Waals surface area (Å²) >= 11 is 0. The van der Waals surface area contributed by atoms with Gasteiger partial charge in [-0.3, -0.25) is 0 Å². The standard InChI is InChI=1S/C21H23N/c1-3-16-8-9-19-14-22(15(2)21(19)12-16)20-11-10-17-6-4-5-7-18(17)13-20/h8-13H,2-7,14H2,1H3. The lowest BCUT2D eigenvalue weighted by Crippen LogP contribution is -2.14. The highest BCUT2D eigenvalue weighted by Crippen LogP contribution is 2.37. The van der Waals surface area contributed by atoms with E-state index in [1.807, 2.05) is 0 Å².